The summed E-state index contributed by atoms with van der Waals surface area (Å²) >= 11 is 6.17. The summed E-state index contributed by atoms with van der Waals surface area (Å²) in [7, 11) is -3.83. The fraction of sp³-hybridized carbons (Fsp3) is 0.308. The van der Waals surface area contributed by atoms with Gasteiger partial charge < -0.3 is 0 Å². The zero-order chi connectivity index (χ0) is 23.9. The van der Waals surface area contributed by atoms with E-state index in [4.69, 9.17) is 11.6 Å². The third-order valence-electron chi connectivity index (χ3n) is 6.89. The average Bonchev–Trinajstić information content (AvgIpc) is 2.97. The number of halogens is 3. The Hall–Kier alpha value is -2.48. The van der Waals surface area contributed by atoms with Crippen LogP contribution in [-0.2, 0) is 23.1 Å². The van der Waals surface area contributed by atoms with Crippen LogP contribution in [-0.4, -0.2) is 25.8 Å². The molecule has 1 heterocycles. The van der Waals surface area contributed by atoms with E-state index in [1.165, 1.54) is 16.4 Å². The molecule has 0 aromatic heterocycles. The number of para-hydroxylation sites is 1. The molecule has 4 nitrogen and oxygen atoms in total. The molecule has 0 spiro atoms. The Morgan fingerprint density at radius 2 is 1.53 bits per heavy atom. The van der Waals surface area contributed by atoms with Crippen LogP contribution >= 0.6 is 11.6 Å². The van der Waals surface area contributed by atoms with Gasteiger partial charge in [-0.3, -0.25) is 4.72 Å². The van der Waals surface area contributed by atoms with Crippen LogP contribution in [0.3, 0.4) is 0 Å². The van der Waals surface area contributed by atoms with Crippen molar-refractivity contribution in [2.75, 3.05) is 17.8 Å². The van der Waals surface area contributed by atoms with E-state index in [9.17, 15) is 17.2 Å². The van der Waals surface area contributed by atoms with E-state index in [-0.39, 0.29) is 23.5 Å². The monoisotopic (exact) mass is 502 g/mol. The highest BCUT2D eigenvalue weighted by Crippen LogP contribution is 2.43. The third-order valence-corrected chi connectivity index (χ3v) is 8.71. The highest BCUT2D eigenvalue weighted by Gasteiger charge is 2.37. The molecule has 1 N–H and O–H groups in total. The van der Waals surface area contributed by atoms with E-state index in [1.807, 2.05) is 12.1 Å². The van der Waals surface area contributed by atoms with Crippen LogP contribution in [0.25, 0.3) is 0 Å². The molecule has 1 aliphatic heterocycles. The zero-order valence-corrected chi connectivity index (χ0v) is 20.0. The molecule has 3 aromatic rings. The van der Waals surface area contributed by atoms with Crippen molar-refractivity contribution in [3.8, 4) is 0 Å². The molecule has 1 fully saturated rings. The highest BCUT2D eigenvalue weighted by molar-refractivity contribution is 7.90. The largest absolute Gasteiger partial charge is 0.301 e. The van der Waals surface area contributed by atoms with Gasteiger partial charge in [0.2, 0.25) is 0 Å². The van der Waals surface area contributed by atoms with Gasteiger partial charge in [-0.25, -0.2) is 8.78 Å². The lowest BCUT2D eigenvalue weighted by atomic mass is 9.75. The standard InChI is InChI=1S/C26H25ClF2N2O2S/c27-24-5-1-2-6-25(24)30-34(32,33)31-13-3-4-19(16-31)26-22-11-9-20(28)14-17(22)7-8-18-15-21(29)10-12-23(18)26/h1-2,5-6,9-12,14-15,19,26,30H,3-4,7-8,13,16H2. The van der Waals surface area contributed by atoms with Gasteiger partial charge in [0.15, 0.2) is 0 Å². The zero-order valence-electron chi connectivity index (χ0n) is 18.5. The van der Waals surface area contributed by atoms with E-state index in [2.05, 4.69) is 4.72 Å². The second-order valence-electron chi connectivity index (χ2n) is 9.01. The molecule has 0 saturated carbocycles. The maximum Gasteiger partial charge on any atom is 0.301 e. The molecular weight excluding hydrogens is 478 g/mol. The van der Waals surface area contributed by atoms with Gasteiger partial charge in [0.05, 0.1) is 10.7 Å². The summed E-state index contributed by atoms with van der Waals surface area (Å²) in [6, 6.07) is 16.4. The molecule has 1 atom stereocenters. The molecule has 178 valence electrons. The van der Waals surface area contributed by atoms with Gasteiger partial charge >= 0.3 is 10.2 Å². The maximum absolute atomic E-state index is 14.1. The number of rotatable bonds is 4. The molecule has 1 unspecified atom stereocenters. The summed E-state index contributed by atoms with van der Waals surface area (Å²) < 4.78 is 58.7. The number of hydrogen-bond donors (Lipinski definition) is 1. The Morgan fingerprint density at radius 1 is 0.912 bits per heavy atom. The summed E-state index contributed by atoms with van der Waals surface area (Å²) in [5.74, 6) is -0.784. The number of nitrogens with zero attached hydrogens (tertiary/aromatic N) is 1. The van der Waals surface area contributed by atoms with Gasteiger partial charge in [0.25, 0.3) is 0 Å². The third kappa shape index (κ3) is 4.57. The number of piperidine rings is 1. The Labute approximate surface area is 203 Å². The van der Waals surface area contributed by atoms with E-state index < -0.39 is 10.2 Å². The van der Waals surface area contributed by atoms with E-state index in [1.54, 1.807) is 36.4 Å². The lowest BCUT2D eigenvalue weighted by molar-refractivity contribution is 0.249. The number of nitrogens with one attached hydrogen (secondary N) is 1. The second kappa shape index (κ2) is 9.29. The van der Waals surface area contributed by atoms with Crippen molar-refractivity contribution in [2.24, 2.45) is 5.92 Å². The SMILES string of the molecule is O=S(=O)(Nc1ccccc1Cl)N1CCCC(C2c3ccc(F)cc3CCc3cc(F)ccc32)C1. The first-order valence-electron chi connectivity index (χ1n) is 11.4. The van der Waals surface area contributed by atoms with Gasteiger partial charge in [0, 0.05) is 19.0 Å². The van der Waals surface area contributed by atoms with Gasteiger partial charge in [-0.05, 0) is 90.3 Å². The number of hydrogen-bond acceptors (Lipinski definition) is 2. The molecule has 8 heteroatoms. The number of anilines is 1. The van der Waals surface area contributed by atoms with Crippen molar-refractivity contribution in [3.05, 3.63) is 99.6 Å². The van der Waals surface area contributed by atoms with Crippen molar-refractivity contribution < 1.29 is 17.2 Å². The Bertz CT molecular complexity index is 1280. The Morgan fingerprint density at radius 3 is 2.15 bits per heavy atom. The van der Waals surface area contributed by atoms with Crippen LogP contribution in [0.2, 0.25) is 5.02 Å². The first-order valence-corrected chi connectivity index (χ1v) is 13.2. The van der Waals surface area contributed by atoms with Crippen molar-refractivity contribution in [3.63, 3.8) is 0 Å². The Kier molecular flexibility index (Phi) is 6.35. The fourth-order valence-electron chi connectivity index (χ4n) is 5.35. The van der Waals surface area contributed by atoms with Crippen molar-refractivity contribution in [1.29, 1.82) is 0 Å². The first kappa shape index (κ1) is 23.3. The lowest BCUT2D eigenvalue weighted by Gasteiger charge is -2.37. The van der Waals surface area contributed by atoms with E-state index in [0.717, 1.165) is 28.7 Å². The molecule has 0 radical (unpaired) electrons. The van der Waals surface area contributed by atoms with E-state index >= 15 is 0 Å². The summed E-state index contributed by atoms with van der Waals surface area (Å²) in [5.41, 5.74) is 4.12. The summed E-state index contributed by atoms with van der Waals surface area (Å²) in [6.07, 6.45) is 2.74. The van der Waals surface area contributed by atoms with Crippen molar-refractivity contribution >= 4 is 27.5 Å². The van der Waals surface area contributed by atoms with Crippen LogP contribution in [0.15, 0.2) is 60.7 Å². The molecule has 0 amide bonds. The molecular formula is C26H25ClF2N2O2S. The summed E-state index contributed by atoms with van der Waals surface area (Å²) in [4.78, 5) is 0. The normalized spacial score (nSPS) is 19.2. The lowest BCUT2D eigenvalue weighted by Crippen LogP contribution is -2.44. The number of fused-ring (bicyclic) bond motifs is 2. The fourth-order valence-corrected chi connectivity index (χ4v) is 6.93. The quantitative estimate of drug-likeness (QED) is 0.481. The van der Waals surface area contributed by atoms with Gasteiger partial charge in [-0.2, -0.15) is 12.7 Å². The second-order valence-corrected chi connectivity index (χ2v) is 11.1. The van der Waals surface area contributed by atoms with Crippen LogP contribution in [0.5, 0.6) is 0 Å². The van der Waals surface area contributed by atoms with Gasteiger partial charge in [-0.15, -0.1) is 0 Å². The van der Waals surface area contributed by atoms with Gasteiger partial charge in [-0.1, -0.05) is 35.9 Å². The first-order chi connectivity index (χ1) is 16.3. The number of aryl methyl sites for hydroxylation is 2. The highest BCUT2D eigenvalue weighted by atomic mass is 35.5. The predicted octanol–water partition coefficient (Wildman–Crippen LogP) is 5.92. The molecule has 3 aromatic carbocycles. The van der Waals surface area contributed by atoms with Crippen LogP contribution < -0.4 is 4.72 Å². The minimum absolute atomic E-state index is 0.0388. The molecule has 2 aliphatic rings. The van der Waals surface area contributed by atoms with Gasteiger partial charge in [0.1, 0.15) is 11.6 Å². The van der Waals surface area contributed by atoms with E-state index in [0.29, 0.717) is 43.1 Å². The molecule has 1 saturated heterocycles. The summed E-state index contributed by atoms with van der Waals surface area (Å²) in [5, 5.41) is 0.329. The molecule has 0 bridgehead atoms. The van der Waals surface area contributed by atoms with Crippen LogP contribution in [0.1, 0.15) is 41.0 Å². The maximum atomic E-state index is 14.1. The molecule has 34 heavy (non-hydrogen) atoms. The average molecular weight is 503 g/mol. The predicted molar refractivity (Wildman–Crippen MR) is 130 cm³/mol. The minimum Gasteiger partial charge on any atom is -0.269 e. The smallest absolute Gasteiger partial charge is 0.269 e. The number of benzene rings is 3. The van der Waals surface area contributed by atoms with Crippen LogP contribution in [0.4, 0.5) is 14.5 Å². The Balaban J connectivity index is 1.50. The molecule has 1 aliphatic carbocycles. The van der Waals surface area contributed by atoms with Crippen LogP contribution in [0, 0.1) is 17.6 Å². The van der Waals surface area contributed by atoms with Crippen molar-refractivity contribution in [1.82, 2.24) is 4.31 Å². The summed E-state index contributed by atoms with van der Waals surface area (Å²) in [6.45, 7) is 0.702. The minimum atomic E-state index is -3.83. The molecule has 5 rings (SSSR count). The van der Waals surface area contributed by atoms with Crippen molar-refractivity contribution in [2.45, 2.75) is 31.6 Å². The topological polar surface area (TPSA) is 49.4 Å².